The molecule has 0 radical (unpaired) electrons. The Labute approximate surface area is 123 Å². The maximum atomic E-state index is 13.2. The van der Waals surface area contributed by atoms with Crippen LogP contribution < -0.4 is 5.73 Å². The lowest BCUT2D eigenvalue weighted by molar-refractivity contribution is 0.576. The van der Waals surface area contributed by atoms with Gasteiger partial charge in [0.05, 0.1) is 10.2 Å². The fraction of sp³-hybridized carbons (Fsp3) is 0.167. The molecule has 0 aliphatic heterocycles. The lowest BCUT2D eigenvalue weighted by Crippen LogP contribution is -2.16. The molecule has 1 heterocycles. The van der Waals surface area contributed by atoms with Crippen molar-refractivity contribution in [3.63, 3.8) is 0 Å². The highest BCUT2D eigenvalue weighted by molar-refractivity contribution is 9.10. The summed E-state index contributed by atoms with van der Waals surface area (Å²) in [4.78, 5) is 7.95. The zero-order chi connectivity index (χ0) is 13.1. The summed E-state index contributed by atoms with van der Waals surface area (Å²) >= 11 is 3.30. The van der Waals surface area contributed by atoms with E-state index < -0.39 is 11.6 Å². The monoisotopic (exact) mass is 349 g/mol. The van der Waals surface area contributed by atoms with Crippen LogP contribution in [0, 0.1) is 11.6 Å². The number of rotatable bonds is 3. The average molecular weight is 351 g/mol. The molecule has 2 rings (SSSR count). The zero-order valence-corrected chi connectivity index (χ0v) is 12.1. The molecule has 0 bridgehead atoms. The fourth-order valence-corrected chi connectivity index (χ4v) is 2.26. The van der Waals surface area contributed by atoms with Crippen molar-refractivity contribution in [3.8, 4) is 0 Å². The third-order valence-electron chi connectivity index (χ3n) is 2.55. The Morgan fingerprint density at radius 3 is 2.37 bits per heavy atom. The first-order chi connectivity index (χ1) is 8.61. The average Bonchev–Trinajstić information content (AvgIpc) is 2.31. The first kappa shape index (κ1) is 15.9. The zero-order valence-electron chi connectivity index (χ0n) is 9.69. The van der Waals surface area contributed by atoms with Crippen molar-refractivity contribution in [3.05, 3.63) is 58.1 Å². The van der Waals surface area contributed by atoms with Gasteiger partial charge in [0, 0.05) is 24.7 Å². The van der Waals surface area contributed by atoms with E-state index in [4.69, 9.17) is 5.73 Å². The molecule has 19 heavy (non-hydrogen) atoms. The summed E-state index contributed by atoms with van der Waals surface area (Å²) in [7, 11) is 0. The van der Waals surface area contributed by atoms with E-state index >= 15 is 0 Å². The summed E-state index contributed by atoms with van der Waals surface area (Å²) in [5, 5.41) is 0. The SMILES string of the molecule is Cl.NC[C@@H](c1cc(F)cc(F)c1)c1ncncc1Br. The van der Waals surface area contributed by atoms with E-state index in [1.54, 1.807) is 6.20 Å². The third-order valence-corrected chi connectivity index (χ3v) is 3.16. The van der Waals surface area contributed by atoms with Gasteiger partial charge in [-0.1, -0.05) is 0 Å². The molecule has 0 unspecified atom stereocenters. The van der Waals surface area contributed by atoms with Gasteiger partial charge in [-0.2, -0.15) is 0 Å². The van der Waals surface area contributed by atoms with Gasteiger partial charge in [0.1, 0.15) is 18.0 Å². The van der Waals surface area contributed by atoms with Crippen LogP contribution in [0.3, 0.4) is 0 Å². The third kappa shape index (κ3) is 3.68. The van der Waals surface area contributed by atoms with Gasteiger partial charge < -0.3 is 5.73 Å². The second kappa shape index (κ2) is 6.88. The highest BCUT2D eigenvalue weighted by Gasteiger charge is 2.18. The minimum absolute atomic E-state index is 0. The van der Waals surface area contributed by atoms with Crippen LogP contribution in [0.15, 0.2) is 35.2 Å². The van der Waals surface area contributed by atoms with Crippen molar-refractivity contribution in [2.45, 2.75) is 5.92 Å². The highest BCUT2D eigenvalue weighted by Crippen LogP contribution is 2.28. The first-order valence-corrected chi connectivity index (χ1v) is 6.02. The minimum atomic E-state index is -0.631. The summed E-state index contributed by atoms with van der Waals surface area (Å²) in [6, 6.07) is 3.34. The van der Waals surface area contributed by atoms with E-state index in [1.165, 1.54) is 18.5 Å². The van der Waals surface area contributed by atoms with Crippen molar-refractivity contribution in [1.29, 1.82) is 0 Å². The number of aromatic nitrogens is 2. The molecule has 3 nitrogen and oxygen atoms in total. The summed E-state index contributed by atoms with van der Waals surface area (Å²) in [6.45, 7) is 0.193. The normalized spacial score (nSPS) is 11.8. The van der Waals surface area contributed by atoms with Gasteiger partial charge in [-0.15, -0.1) is 12.4 Å². The Balaban J connectivity index is 0.00000180. The van der Waals surface area contributed by atoms with Crippen LogP contribution >= 0.6 is 28.3 Å². The van der Waals surface area contributed by atoms with Crippen LogP contribution in [0.1, 0.15) is 17.2 Å². The molecular weight excluding hydrogens is 340 g/mol. The van der Waals surface area contributed by atoms with Crippen LogP contribution in [-0.2, 0) is 0 Å². The number of benzene rings is 1. The molecule has 1 aromatic heterocycles. The Morgan fingerprint density at radius 1 is 1.21 bits per heavy atom. The maximum Gasteiger partial charge on any atom is 0.126 e. The molecule has 1 aromatic carbocycles. The molecule has 0 spiro atoms. The molecule has 0 saturated heterocycles. The molecule has 102 valence electrons. The minimum Gasteiger partial charge on any atom is -0.329 e. The van der Waals surface area contributed by atoms with Gasteiger partial charge in [0.15, 0.2) is 0 Å². The second-order valence-electron chi connectivity index (χ2n) is 3.75. The lowest BCUT2D eigenvalue weighted by atomic mass is 9.95. The molecule has 2 N–H and O–H groups in total. The van der Waals surface area contributed by atoms with Gasteiger partial charge in [-0.25, -0.2) is 18.7 Å². The number of nitrogens with zero attached hydrogens (tertiary/aromatic N) is 2. The van der Waals surface area contributed by atoms with E-state index in [0.717, 1.165) is 6.07 Å². The number of hydrogen-bond acceptors (Lipinski definition) is 3. The number of nitrogens with two attached hydrogens (primary N) is 1. The molecule has 0 aliphatic rings. The van der Waals surface area contributed by atoms with E-state index in [1.807, 2.05) is 0 Å². The van der Waals surface area contributed by atoms with E-state index in [9.17, 15) is 8.78 Å². The summed E-state index contributed by atoms with van der Waals surface area (Å²) in [5.74, 6) is -1.64. The van der Waals surface area contributed by atoms with Crippen molar-refractivity contribution in [2.24, 2.45) is 5.73 Å². The Kier molecular flexibility index (Phi) is 5.78. The predicted octanol–water partition coefficient (Wildman–Crippen LogP) is 3.03. The van der Waals surface area contributed by atoms with Gasteiger partial charge in [0.25, 0.3) is 0 Å². The predicted molar refractivity (Wildman–Crippen MR) is 74.2 cm³/mol. The summed E-state index contributed by atoms with van der Waals surface area (Å²) < 4.78 is 27.1. The van der Waals surface area contributed by atoms with E-state index in [-0.39, 0.29) is 24.9 Å². The van der Waals surface area contributed by atoms with Crippen LogP contribution in [0.25, 0.3) is 0 Å². The van der Waals surface area contributed by atoms with Gasteiger partial charge in [-0.3, -0.25) is 0 Å². The Hall–Kier alpha value is -1.11. The smallest absolute Gasteiger partial charge is 0.126 e. The topological polar surface area (TPSA) is 51.8 Å². The largest absolute Gasteiger partial charge is 0.329 e. The molecule has 0 aliphatic carbocycles. The number of halogens is 4. The van der Waals surface area contributed by atoms with Crippen molar-refractivity contribution in [2.75, 3.05) is 6.54 Å². The van der Waals surface area contributed by atoms with Gasteiger partial charge >= 0.3 is 0 Å². The first-order valence-electron chi connectivity index (χ1n) is 5.23. The molecule has 0 fully saturated rings. The Bertz CT molecular complexity index is 548. The Morgan fingerprint density at radius 2 is 1.84 bits per heavy atom. The van der Waals surface area contributed by atoms with Crippen LogP contribution in [0.4, 0.5) is 8.78 Å². The van der Waals surface area contributed by atoms with Gasteiger partial charge in [0.2, 0.25) is 0 Å². The van der Waals surface area contributed by atoms with Crippen LogP contribution in [0.5, 0.6) is 0 Å². The van der Waals surface area contributed by atoms with Crippen molar-refractivity contribution < 1.29 is 8.78 Å². The number of hydrogen-bond donors (Lipinski definition) is 1. The molecule has 1 atom stereocenters. The standard InChI is InChI=1S/C12H10BrF2N3.ClH/c13-11-5-17-6-18-12(11)10(4-16)7-1-8(14)3-9(15)2-7;/h1-3,5-6,10H,4,16H2;1H/t10-;/m0./s1. The summed E-state index contributed by atoms with van der Waals surface area (Å²) in [6.07, 6.45) is 2.94. The maximum absolute atomic E-state index is 13.2. The van der Waals surface area contributed by atoms with Crippen molar-refractivity contribution in [1.82, 2.24) is 9.97 Å². The quantitative estimate of drug-likeness (QED) is 0.926. The highest BCUT2D eigenvalue weighted by atomic mass is 79.9. The summed E-state index contributed by atoms with van der Waals surface area (Å²) in [5.41, 5.74) is 6.74. The van der Waals surface area contributed by atoms with Gasteiger partial charge in [-0.05, 0) is 33.6 Å². The molecular formula is C12H11BrClF2N3. The van der Waals surface area contributed by atoms with Crippen molar-refractivity contribution >= 4 is 28.3 Å². The molecule has 0 amide bonds. The van der Waals surface area contributed by atoms with E-state index in [0.29, 0.717) is 15.7 Å². The lowest BCUT2D eigenvalue weighted by Gasteiger charge is -2.16. The molecule has 2 aromatic rings. The van der Waals surface area contributed by atoms with Crippen LogP contribution in [0.2, 0.25) is 0 Å². The fourth-order valence-electron chi connectivity index (χ4n) is 1.76. The van der Waals surface area contributed by atoms with Crippen LogP contribution in [-0.4, -0.2) is 16.5 Å². The molecule has 0 saturated carbocycles. The molecule has 7 heteroatoms. The second-order valence-corrected chi connectivity index (χ2v) is 4.60. The van der Waals surface area contributed by atoms with E-state index in [2.05, 4.69) is 25.9 Å².